The summed E-state index contributed by atoms with van der Waals surface area (Å²) in [7, 11) is 0. The minimum absolute atomic E-state index is 0.00472. The molecule has 1 fully saturated rings. The summed E-state index contributed by atoms with van der Waals surface area (Å²) in [4.78, 5) is 43.3. The van der Waals surface area contributed by atoms with E-state index >= 15 is 0 Å². The zero-order valence-electron chi connectivity index (χ0n) is 55.5. The van der Waals surface area contributed by atoms with Crippen LogP contribution in [0.4, 0.5) is 0 Å². The van der Waals surface area contributed by atoms with Crippen molar-refractivity contribution < 1.29 is 33.4 Å². The molecular formula is C92H71NO7. The number of amides is 2. The van der Waals surface area contributed by atoms with E-state index in [1.54, 1.807) is 24.3 Å². The van der Waals surface area contributed by atoms with Gasteiger partial charge in [0.15, 0.2) is 0 Å². The van der Waals surface area contributed by atoms with Crippen LogP contribution in [0.15, 0.2) is 261 Å². The highest BCUT2D eigenvalue weighted by Gasteiger charge is 2.36. The standard InChI is InChI=1S/C92H71NO7/c94-83-53-54-84(95)93(83)100-91(96)73-21-19-60(20-22-73)55-56-92(74-38-44-77(45-39-74)97-57-4-1-10-61-23-26-70-32-29-64-13-7-16-67-35-50-80(61)88(70)85(64)67,75-40-46-78(47-41-75)98-58-5-2-11-62-24-27-71-33-30-65-14-8-17-68-36-51-81(62)89(71)86(65)68)76-42-48-79(49-43-76)99-59-6-3-12-63-25-28-72-34-31-66-15-9-18-69-37-52-82(63)90(72)87(66)69/h7-9,13-52H,1-6,10-12,53-54,57-59H2. The van der Waals surface area contributed by atoms with Gasteiger partial charge in [-0.2, -0.15) is 0 Å². The van der Waals surface area contributed by atoms with E-state index in [9.17, 15) is 14.4 Å². The van der Waals surface area contributed by atoms with Gasteiger partial charge in [-0.3, -0.25) is 9.59 Å². The third kappa shape index (κ3) is 11.6. The van der Waals surface area contributed by atoms with Crippen molar-refractivity contribution in [3.63, 3.8) is 0 Å². The highest BCUT2D eigenvalue weighted by Crippen LogP contribution is 2.43. The van der Waals surface area contributed by atoms with Crippen LogP contribution in [0.3, 0.4) is 0 Å². The molecule has 1 saturated heterocycles. The van der Waals surface area contributed by atoms with Gasteiger partial charge in [-0.1, -0.05) is 212 Å². The van der Waals surface area contributed by atoms with Crippen LogP contribution in [-0.2, 0) is 39.1 Å². The van der Waals surface area contributed by atoms with Crippen molar-refractivity contribution in [3.05, 3.63) is 305 Å². The van der Waals surface area contributed by atoms with Crippen LogP contribution in [0.25, 0.3) is 97.0 Å². The topological polar surface area (TPSA) is 91.4 Å². The molecule has 17 rings (SSSR count). The maximum absolute atomic E-state index is 13.3. The molecule has 8 heteroatoms. The molecule has 1 heterocycles. The number of hydrogen-bond donors (Lipinski definition) is 0. The zero-order valence-corrected chi connectivity index (χ0v) is 55.5. The fourth-order valence-electron chi connectivity index (χ4n) is 15.6. The predicted octanol–water partition coefficient (Wildman–Crippen LogP) is 21.2. The second-order valence-electron chi connectivity index (χ2n) is 26.8. The quantitative estimate of drug-likeness (QED) is 0.0207. The van der Waals surface area contributed by atoms with Gasteiger partial charge < -0.3 is 19.0 Å². The van der Waals surface area contributed by atoms with Crippen molar-refractivity contribution >= 4 is 115 Å². The molecule has 1 aliphatic heterocycles. The van der Waals surface area contributed by atoms with Crippen LogP contribution in [0.1, 0.15) is 101 Å². The molecule has 0 N–H and O–H groups in total. The molecule has 8 nitrogen and oxygen atoms in total. The first kappa shape index (κ1) is 61.8. The van der Waals surface area contributed by atoms with Gasteiger partial charge in [0.25, 0.3) is 11.8 Å². The Morgan fingerprint density at radius 3 is 0.990 bits per heavy atom. The van der Waals surface area contributed by atoms with E-state index in [1.807, 2.05) is 36.4 Å². The molecule has 16 aromatic carbocycles. The molecule has 1 aliphatic rings. The third-order valence-corrected chi connectivity index (χ3v) is 20.7. The van der Waals surface area contributed by atoms with Crippen molar-refractivity contribution in [2.24, 2.45) is 0 Å². The average molecular weight is 1300 g/mol. The number of ether oxygens (including phenoxy) is 3. The van der Waals surface area contributed by atoms with Crippen molar-refractivity contribution in [2.45, 2.75) is 76.0 Å². The molecule has 16 aromatic rings. The van der Waals surface area contributed by atoms with E-state index in [2.05, 4.69) is 212 Å². The van der Waals surface area contributed by atoms with Gasteiger partial charge in [0.2, 0.25) is 0 Å². The molecule has 0 aliphatic carbocycles. The van der Waals surface area contributed by atoms with Gasteiger partial charge in [-0.15, -0.1) is 5.06 Å². The number of carbonyl (C=O) groups is 3. The number of benzene rings is 16. The summed E-state index contributed by atoms with van der Waals surface area (Å²) in [5, 5.41) is 24.1. The van der Waals surface area contributed by atoms with Gasteiger partial charge in [0.1, 0.15) is 22.7 Å². The first-order valence-electron chi connectivity index (χ1n) is 35.2. The minimum Gasteiger partial charge on any atom is -0.494 e. The Bertz CT molecular complexity index is 5260. The van der Waals surface area contributed by atoms with Crippen molar-refractivity contribution in [2.75, 3.05) is 19.8 Å². The van der Waals surface area contributed by atoms with Gasteiger partial charge in [-0.25, -0.2) is 4.79 Å². The lowest BCUT2D eigenvalue weighted by Gasteiger charge is -2.31. The first-order chi connectivity index (χ1) is 49.3. The maximum Gasteiger partial charge on any atom is 0.363 e. The van der Waals surface area contributed by atoms with E-state index in [0.717, 1.165) is 91.7 Å². The Morgan fingerprint density at radius 2 is 0.650 bits per heavy atom. The molecular weight excluding hydrogens is 1230 g/mol. The van der Waals surface area contributed by atoms with Crippen molar-refractivity contribution in [3.8, 4) is 29.1 Å². The number of hydroxylamine groups is 2. The third-order valence-electron chi connectivity index (χ3n) is 20.7. The van der Waals surface area contributed by atoms with Gasteiger partial charge in [-0.05, 0) is 249 Å². The van der Waals surface area contributed by atoms with Crippen LogP contribution in [0.2, 0.25) is 0 Å². The number of rotatable bonds is 23. The van der Waals surface area contributed by atoms with Crippen LogP contribution in [0.5, 0.6) is 17.2 Å². The lowest BCUT2D eigenvalue weighted by molar-refractivity contribution is -0.172. The Hall–Kier alpha value is -11.8. The van der Waals surface area contributed by atoms with Gasteiger partial charge in [0, 0.05) is 18.4 Å². The summed E-state index contributed by atoms with van der Waals surface area (Å²) >= 11 is 0. The number of hydrogen-bond acceptors (Lipinski definition) is 7. The average Bonchev–Trinajstić information content (AvgIpc) is 0.851. The van der Waals surface area contributed by atoms with Gasteiger partial charge >= 0.3 is 5.97 Å². The molecule has 0 saturated carbocycles. The monoisotopic (exact) mass is 1300 g/mol. The van der Waals surface area contributed by atoms with E-state index in [0.29, 0.717) is 30.4 Å². The lowest BCUT2D eigenvalue weighted by atomic mass is 9.69. The van der Waals surface area contributed by atoms with E-state index in [-0.39, 0.29) is 18.4 Å². The molecule has 0 bridgehead atoms. The lowest BCUT2D eigenvalue weighted by Crippen LogP contribution is -2.32. The number of unbranched alkanes of at least 4 members (excludes halogenated alkanes) is 3. The van der Waals surface area contributed by atoms with Crippen molar-refractivity contribution in [1.29, 1.82) is 0 Å². The number of imide groups is 1. The second kappa shape index (κ2) is 26.6. The Kier molecular flexibility index (Phi) is 16.4. The Labute approximate surface area is 580 Å². The second-order valence-corrected chi connectivity index (χ2v) is 26.8. The molecule has 0 aromatic heterocycles. The SMILES string of the molecule is O=C(ON1C(=O)CCC1=O)c1ccc(C#CC(c2ccc(OCCCCc3ccc4ccc5cccc6ccc3c4c56)cc2)(c2ccc(OCCCCc3ccc4ccc5cccc6ccc3c4c56)cc2)c2ccc(OCCCCc3ccc4ccc5cccc6ccc3c4c56)cc2)cc1. The first-order valence-corrected chi connectivity index (χ1v) is 35.2. The van der Waals surface area contributed by atoms with Gasteiger partial charge in [0.05, 0.1) is 25.4 Å². The molecule has 100 heavy (non-hydrogen) atoms. The zero-order chi connectivity index (χ0) is 67.1. The summed E-state index contributed by atoms with van der Waals surface area (Å²) < 4.78 is 19.6. The van der Waals surface area contributed by atoms with E-state index < -0.39 is 23.2 Å². The summed E-state index contributed by atoms with van der Waals surface area (Å²) in [5.41, 5.74) is 6.59. The molecule has 2 amide bonds. The fraction of sp³-hybridized carbons (Fsp3) is 0.163. The van der Waals surface area contributed by atoms with Crippen molar-refractivity contribution in [1.82, 2.24) is 5.06 Å². The Balaban J connectivity index is 0.637. The smallest absolute Gasteiger partial charge is 0.363 e. The molecule has 0 radical (unpaired) electrons. The number of aryl methyl sites for hydroxylation is 3. The minimum atomic E-state index is -1.06. The maximum atomic E-state index is 13.3. The van der Waals surface area contributed by atoms with Crippen LogP contribution in [-0.4, -0.2) is 42.7 Å². The van der Waals surface area contributed by atoms with Crippen LogP contribution < -0.4 is 14.2 Å². The predicted molar refractivity (Wildman–Crippen MR) is 405 cm³/mol. The summed E-state index contributed by atoms with van der Waals surface area (Å²) in [5.74, 6) is 7.73. The molecule has 486 valence electrons. The summed E-state index contributed by atoms with van der Waals surface area (Å²) in [6.07, 6.45) is 8.44. The van der Waals surface area contributed by atoms with E-state index in [4.69, 9.17) is 19.0 Å². The van der Waals surface area contributed by atoms with E-state index in [1.165, 1.54) is 114 Å². The Morgan fingerprint density at radius 1 is 0.340 bits per heavy atom. The fourth-order valence-corrected chi connectivity index (χ4v) is 15.6. The number of nitrogens with zero attached hydrogens (tertiary/aromatic N) is 1. The van der Waals surface area contributed by atoms with Crippen LogP contribution >= 0.6 is 0 Å². The number of carbonyl (C=O) groups excluding carboxylic acids is 3. The molecule has 0 atom stereocenters. The highest BCUT2D eigenvalue weighted by molar-refractivity contribution is 6.26. The summed E-state index contributed by atoms with van der Waals surface area (Å²) in [6.45, 7) is 1.69. The highest BCUT2D eigenvalue weighted by atomic mass is 16.7. The molecule has 0 spiro atoms. The molecule has 0 unspecified atom stereocenters. The normalized spacial score (nSPS) is 12.8. The van der Waals surface area contributed by atoms with Crippen LogP contribution in [0, 0.1) is 11.8 Å². The summed E-state index contributed by atoms with van der Waals surface area (Å²) in [6, 6.07) is 92.1. The largest absolute Gasteiger partial charge is 0.494 e.